The number of fused-ring (bicyclic) bond motifs is 1. The number of nitrogens with one attached hydrogen (secondary N) is 1. The lowest BCUT2D eigenvalue weighted by Gasteiger charge is -2.37. The zero-order chi connectivity index (χ0) is 26.6. The van der Waals surface area contributed by atoms with Crippen LogP contribution in [0.2, 0.25) is 5.02 Å². The SMILES string of the molecule is CCOC(=O)NC(N)=NC1CCC(C(=O)N2CCN(S(=O)(=O)c3ccc4cc(Cl)ccc4c3)CC2)CC1. The lowest BCUT2D eigenvalue weighted by Crippen LogP contribution is -2.52. The van der Waals surface area contributed by atoms with Crippen LogP contribution in [-0.2, 0) is 19.6 Å². The number of hydrogen-bond donors (Lipinski definition) is 2. The van der Waals surface area contributed by atoms with Gasteiger partial charge in [0.25, 0.3) is 0 Å². The smallest absolute Gasteiger partial charge is 0.413 e. The number of piperazine rings is 1. The van der Waals surface area contributed by atoms with Gasteiger partial charge in [-0.25, -0.2) is 18.2 Å². The van der Waals surface area contributed by atoms with E-state index in [1.165, 1.54) is 4.31 Å². The van der Waals surface area contributed by atoms with Gasteiger partial charge in [-0.1, -0.05) is 23.7 Å². The summed E-state index contributed by atoms with van der Waals surface area (Å²) in [6, 6.07) is 10.3. The summed E-state index contributed by atoms with van der Waals surface area (Å²) in [6.07, 6.45) is 2.06. The number of halogens is 1. The highest BCUT2D eigenvalue weighted by Gasteiger charge is 2.34. The molecule has 2 aliphatic rings. The molecule has 2 aromatic carbocycles. The highest BCUT2D eigenvalue weighted by atomic mass is 35.5. The number of aliphatic imine (C=N–C) groups is 1. The molecule has 2 fully saturated rings. The van der Waals surface area contributed by atoms with Crippen LogP contribution in [0.5, 0.6) is 0 Å². The van der Waals surface area contributed by atoms with Crippen LogP contribution in [0.25, 0.3) is 10.8 Å². The van der Waals surface area contributed by atoms with Crippen molar-refractivity contribution in [3.63, 3.8) is 0 Å². The number of carbonyl (C=O) groups is 2. The van der Waals surface area contributed by atoms with E-state index in [4.69, 9.17) is 22.1 Å². The van der Waals surface area contributed by atoms with Gasteiger partial charge in [0.2, 0.25) is 15.9 Å². The van der Waals surface area contributed by atoms with Crippen molar-refractivity contribution in [2.24, 2.45) is 16.6 Å². The quantitative estimate of drug-likeness (QED) is 0.435. The van der Waals surface area contributed by atoms with Gasteiger partial charge in [-0.15, -0.1) is 0 Å². The summed E-state index contributed by atoms with van der Waals surface area (Å²) in [7, 11) is -3.67. The van der Waals surface area contributed by atoms with E-state index in [9.17, 15) is 18.0 Å². The zero-order valence-corrected chi connectivity index (χ0v) is 22.3. The molecule has 37 heavy (non-hydrogen) atoms. The van der Waals surface area contributed by atoms with Crippen LogP contribution in [-0.4, -0.2) is 74.4 Å². The molecule has 1 heterocycles. The Morgan fingerprint density at radius 2 is 1.70 bits per heavy atom. The van der Waals surface area contributed by atoms with E-state index in [0.717, 1.165) is 10.8 Å². The first-order valence-electron chi connectivity index (χ1n) is 12.4. The molecule has 200 valence electrons. The fraction of sp³-hybridized carbons (Fsp3) is 0.480. The molecule has 1 aliphatic carbocycles. The maximum atomic E-state index is 13.2. The monoisotopic (exact) mass is 549 g/mol. The Morgan fingerprint density at radius 3 is 2.38 bits per heavy atom. The second-order valence-corrected chi connectivity index (χ2v) is 11.6. The fourth-order valence-corrected chi connectivity index (χ4v) is 6.50. The minimum atomic E-state index is -3.67. The van der Waals surface area contributed by atoms with E-state index in [-0.39, 0.29) is 48.4 Å². The number of alkyl carbamates (subject to hydrolysis) is 1. The minimum Gasteiger partial charge on any atom is -0.450 e. The third-order valence-electron chi connectivity index (χ3n) is 6.84. The van der Waals surface area contributed by atoms with Crippen molar-refractivity contribution >= 4 is 50.4 Å². The van der Waals surface area contributed by atoms with Crippen LogP contribution in [0.3, 0.4) is 0 Å². The molecule has 2 amide bonds. The number of guanidine groups is 1. The van der Waals surface area contributed by atoms with Crippen LogP contribution in [0.1, 0.15) is 32.6 Å². The van der Waals surface area contributed by atoms with Gasteiger partial charge in [0, 0.05) is 37.1 Å². The van der Waals surface area contributed by atoms with Gasteiger partial charge in [-0.3, -0.25) is 10.1 Å². The Bertz CT molecular complexity index is 1290. The van der Waals surface area contributed by atoms with E-state index in [0.29, 0.717) is 43.8 Å². The Morgan fingerprint density at radius 1 is 1.05 bits per heavy atom. The molecular formula is C25H32ClN5O5S. The van der Waals surface area contributed by atoms with Gasteiger partial charge >= 0.3 is 6.09 Å². The maximum Gasteiger partial charge on any atom is 0.413 e. The fourth-order valence-electron chi connectivity index (χ4n) is 4.86. The first-order chi connectivity index (χ1) is 17.7. The van der Waals surface area contributed by atoms with Crippen molar-refractivity contribution in [3.05, 3.63) is 41.4 Å². The summed E-state index contributed by atoms with van der Waals surface area (Å²) < 4.78 is 32.7. The van der Waals surface area contributed by atoms with Crippen molar-refractivity contribution in [2.45, 2.75) is 43.5 Å². The Kier molecular flexibility index (Phi) is 8.56. The molecule has 1 saturated heterocycles. The average molecular weight is 550 g/mol. The molecule has 1 saturated carbocycles. The summed E-state index contributed by atoms with van der Waals surface area (Å²) in [5.41, 5.74) is 5.77. The van der Waals surface area contributed by atoms with Crippen molar-refractivity contribution in [3.8, 4) is 0 Å². The number of hydrogen-bond acceptors (Lipinski definition) is 6. The molecule has 2 aromatic rings. The Hall–Kier alpha value is -2.89. The number of benzene rings is 2. The molecule has 0 unspecified atom stereocenters. The Labute approximate surface area is 221 Å². The zero-order valence-electron chi connectivity index (χ0n) is 20.7. The van der Waals surface area contributed by atoms with Crippen LogP contribution < -0.4 is 11.1 Å². The van der Waals surface area contributed by atoms with Crippen molar-refractivity contribution < 1.29 is 22.7 Å². The van der Waals surface area contributed by atoms with Gasteiger partial charge in [-0.05, 0) is 67.6 Å². The van der Waals surface area contributed by atoms with Crippen LogP contribution in [0, 0.1) is 5.92 Å². The predicted molar refractivity (Wildman–Crippen MR) is 142 cm³/mol. The standard InChI is InChI=1S/C25H32ClN5O5S/c1-2-36-25(33)29-24(27)28-21-8-4-17(5-9-21)23(32)30-11-13-31(14-12-30)37(34,35)22-10-6-18-15-20(26)7-3-19(18)16-22/h3,6-7,10,15-17,21H,2,4-5,8-9,11-14H2,1H3,(H3,27,28,29,33). The molecule has 1 aliphatic heterocycles. The van der Waals surface area contributed by atoms with Crippen LogP contribution in [0.4, 0.5) is 4.79 Å². The Balaban J connectivity index is 1.29. The highest BCUT2D eigenvalue weighted by Crippen LogP contribution is 2.29. The lowest BCUT2D eigenvalue weighted by molar-refractivity contribution is -0.137. The third-order valence-corrected chi connectivity index (χ3v) is 8.96. The summed E-state index contributed by atoms with van der Waals surface area (Å²) in [6.45, 7) is 3.16. The van der Waals surface area contributed by atoms with Gasteiger partial charge in [0.1, 0.15) is 0 Å². The second kappa shape index (κ2) is 11.7. The van der Waals surface area contributed by atoms with Gasteiger partial charge < -0.3 is 15.4 Å². The molecule has 10 nitrogen and oxygen atoms in total. The van der Waals surface area contributed by atoms with Crippen molar-refractivity contribution in [1.82, 2.24) is 14.5 Å². The number of ether oxygens (including phenoxy) is 1. The molecule has 0 atom stereocenters. The largest absolute Gasteiger partial charge is 0.450 e. The third kappa shape index (κ3) is 6.52. The number of carbonyl (C=O) groups excluding carboxylic acids is 2. The molecule has 3 N–H and O–H groups in total. The van der Waals surface area contributed by atoms with Crippen molar-refractivity contribution in [1.29, 1.82) is 0 Å². The first-order valence-corrected chi connectivity index (χ1v) is 14.2. The minimum absolute atomic E-state index is 0.0146. The molecule has 4 rings (SSSR count). The first kappa shape index (κ1) is 27.2. The van der Waals surface area contributed by atoms with E-state index in [1.54, 1.807) is 48.2 Å². The predicted octanol–water partition coefficient (Wildman–Crippen LogP) is 2.95. The summed E-state index contributed by atoms with van der Waals surface area (Å²) in [5, 5.41) is 4.66. The molecule has 0 bridgehead atoms. The van der Waals surface area contributed by atoms with E-state index >= 15 is 0 Å². The van der Waals surface area contributed by atoms with Crippen molar-refractivity contribution in [2.75, 3.05) is 32.8 Å². The van der Waals surface area contributed by atoms with E-state index in [2.05, 4.69) is 10.3 Å². The van der Waals surface area contributed by atoms with Gasteiger partial charge in [-0.2, -0.15) is 4.31 Å². The van der Waals surface area contributed by atoms with Gasteiger partial charge in [0.05, 0.1) is 17.5 Å². The number of nitrogens with zero attached hydrogens (tertiary/aromatic N) is 3. The lowest BCUT2D eigenvalue weighted by atomic mass is 9.85. The summed E-state index contributed by atoms with van der Waals surface area (Å²) >= 11 is 6.03. The summed E-state index contributed by atoms with van der Waals surface area (Å²) in [4.78, 5) is 30.9. The van der Waals surface area contributed by atoms with Crippen LogP contribution >= 0.6 is 11.6 Å². The molecule has 0 aromatic heterocycles. The molecule has 0 radical (unpaired) electrons. The topological polar surface area (TPSA) is 134 Å². The molecule has 0 spiro atoms. The van der Waals surface area contributed by atoms with Gasteiger partial charge in [0.15, 0.2) is 5.96 Å². The van der Waals surface area contributed by atoms with E-state index < -0.39 is 16.1 Å². The number of sulfonamides is 1. The highest BCUT2D eigenvalue weighted by molar-refractivity contribution is 7.89. The summed E-state index contributed by atoms with van der Waals surface area (Å²) in [5.74, 6) is -0.0541. The molecule has 12 heteroatoms. The number of nitrogens with two attached hydrogens (primary N) is 1. The van der Waals surface area contributed by atoms with Crippen LogP contribution in [0.15, 0.2) is 46.3 Å². The number of rotatable bonds is 5. The second-order valence-electron chi connectivity index (χ2n) is 9.25. The normalized spacial score (nSPS) is 21.6. The maximum absolute atomic E-state index is 13.2. The average Bonchev–Trinajstić information content (AvgIpc) is 2.88. The van der Waals surface area contributed by atoms with E-state index in [1.807, 2.05) is 0 Å². The number of amides is 2. The molecular weight excluding hydrogens is 518 g/mol.